The van der Waals surface area contributed by atoms with Crippen molar-refractivity contribution in [2.75, 3.05) is 19.5 Å². The Balaban J connectivity index is 1.21. The third-order valence-corrected chi connectivity index (χ3v) is 10.0. The largest absolute Gasteiger partial charge is 0.497 e. The molecule has 1 saturated carbocycles. The molecule has 3 aromatic rings. The molecular formula is C28H35N5O2S. The second-order valence-corrected chi connectivity index (χ2v) is 11.7. The number of methoxy groups -OCH3 is 1. The van der Waals surface area contributed by atoms with Gasteiger partial charge in [0.1, 0.15) is 17.0 Å². The molecule has 2 aliphatic heterocycles. The van der Waals surface area contributed by atoms with Crippen molar-refractivity contribution >= 4 is 22.7 Å². The number of aromatic nitrogens is 4. The van der Waals surface area contributed by atoms with E-state index in [1.54, 1.807) is 7.11 Å². The molecule has 4 unspecified atom stereocenters. The molecule has 7 nitrogen and oxygen atoms in total. The molecule has 1 N–H and O–H groups in total. The average molecular weight is 506 g/mol. The summed E-state index contributed by atoms with van der Waals surface area (Å²) in [6, 6.07) is 8.86. The first-order valence-electron chi connectivity index (χ1n) is 13.1. The molecule has 0 spiro atoms. The lowest BCUT2D eigenvalue weighted by Gasteiger charge is -2.39. The number of ether oxygens (including phenoxy) is 1. The van der Waals surface area contributed by atoms with Crippen molar-refractivity contribution in [3.8, 4) is 5.75 Å². The molecule has 190 valence electrons. The summed E-state index contributed by atoms with van der Waals surface area (Å²) in [5, 5.41) is 21.3. The summed E-state index contributed by atoms with van der Waals surface area (Å²) in [6.45, 7) is 6.07. The summed E-state index contributed by atoms with van der Waals surface area (Å²) >= 11 is 2.05. The lowest BCUT2D eigenvalue weighted by Crippen LogP contribution is -2.42. The van der Waals surface area contributed by atoms with Gasteiger partial charge in [-0.2, -0.15) is 0 Å². The van der Waals surface area contributed by atoms with E-state index in [0.717, 1.165) is 74.5 Å². The van der Waals surface area contributed by atoms with Crippen LogP contribution >= 0.6 is 11.8 Å². The Kier molecular flexibility index (Phi) is 6.52. The summed E-state index contributed by atoms with van der Waals surface area (Å²) < 4.78 is 7.45. The van der Waals surface area contributed by atoms with Crippen molar-refractivity contribution in [1.29, 1.82) is 0 Å². The molecular weight excluding hydrogens is 470 g/mol. The number of allylic oxidation sites excluding steroid dienone is 1. The van der Waals surface area contributed by atoms with Crippen LogP contribution in [-0.4, -0.2) is 55.6 Å². The van der Waals surface area contributed by atoms with E-state index in [4.69, 9.17) is 4.74 Å². The van der Waals surface area contributed by atoms with Crippen molar-refractivity contribution in [2.45, 2.75) is 62.0 Å². The van der Waals surface area contributed by atoms with Crippen LogP contribution in [0.15, 0.2) is 49.3 Å². The Morgan fingerprint density at radius 2 is 2.17 bits per heavy atom. The minimum Gasteiger partial charge on any atom is -0.497 e. The van der Waals surface area contributed by atoms with Gasteiger partial charge in [0.2, 0.25) is 0 Å². The van der Waals surface area contributed by atoms with E-state index in [1.165, 1.54) is 10.9 Å². The minimum absolute atomic E-state index is 0.320. The summed E-state index contributed by atoms with van der Waals surface area (Å²) in [6.07, 6.45) is 12.0. The Labute approximate surface area is 216 Å². The molecule has 0 bridgehead atoms. The van der Waals surface area contributed by atoms with E-state index >= 15 is 0 Å². The van der Waals surface area contributed by atoms with Crippen molar-refractivity contribution in [3.05, 3.63) is 60.6 Å². The number of hydrogen-bond acceptors (Lipinski definition) is 7. The predicted octanol–water partition coefficient (Wildman–Crippen LogP) is 4.92. The number of hydrogen-bond donors (Lipinski definition) is 1. The molecule has 4 atom stereocenters. The van der Waals surface area contributed by atoms with E-state index < -0.39 is 5.60 Å². The SMILES string of the molecule is C=CC(Cn1cc(C2(O)CCCC2)nn1)C1CCN2CSC(c3ccnc4ccc(OC)cc34)C2C1. The maximum absolute atomic E-state index is 10.9. The highest BCUT2D eigenvalue weighted by Crippen LogP contribution is 2.49. The van der Waals surface area contributed by atoms with E-state index in [2.05, 4.69) is 51.1 Å². The molecule has 1 aliphatic carbocycles. The maximum Gasteiger partial charge on any atom is 0.119 e. The van der Waals surface area contributed by atoms with Crippen molar-refractivity contribution in [1.82, 2.24) is 24.9 Å². The number of fused-ring (bicyclic) bond motifs is 2. The van der Waals surface area contributed by atoms with Crippen LogP contribution in [0.5, 0.6) is 5.75 Å². The summed E-state index contributed by atoms with van der Waals surface area (Å²) in [4.78, 5) is 7.26. The fraction of sp³-hybridized carbons (Fsp3) is 0.536. The summed E-state index contributed by atoms with van der Waals surface area (Å²) in [7, 11) is 1.72. The standard InChI is InChI=1S/C28H35N5O2S/c1-3-19(16-33-17-26(30-31-33)28(34)10-4-5-11-28)20-9-13-32-18-36-27(25(32)14-20)22-8-12-29-24-7-6-21(35-2)15-23(22)24/h3,6-8,12,15,17,19-20,25,27,34H,1,4-5,9-11,13-14,16,18H2,2H3. The maximum atomic E-state index is 10.9. The van der Waals surface area contributed by atoms with Crippen molar-refractivity contribution in [2.24, 2.45) is 11.8 Å². The van der Waals surface area contributed by atoms with Gasteiger partial charge in [-0.15, -0.1) is 23.4 Å². The summed E-state index contributed by atoms with van der Waals surface area (Å²) in [5.41, 5.74) is 2.31. The van der Waals surface area contributed by atoms with Crippen molar-refractivity contribution < 1.29 is 9.84 Å². The van der Waals surface area contributed by atoms with Gasteiger partial charge in [0, 0.05) is 35.3 Å². The van der Waals surface area contributed by atoms with Crippen LogP contribution < -0.4 is 4.74 Å². The molecule has 36 heavy (non-hydrogen) atoms. The van der Waals surface area contributed by atoms with Crippen LogP contribution in [0.1, 0.15) is 55.0 Å². The Hall–Kier alpha value is -2.42. The molecule has 0 amide bonds. The number of aliphatic hydroxyl groups is 1. The van der Waals surface area contributed by atoms with Crippen LogP contribution in [0, 0.1) is 11.8 Å². The normalized spacial score (nSPS) is 26.7. The van der Waals surface area contributed by atoms with Crippen LogP contribution in [0.2, 0.25) is 0 Å². The Morgan fingerprint density at radius 1 is 1.31 bits per heavy atom. The zero-order chi connectivity index (χ0) is 24.7. The highest BCUT2D eigenvalue weighted by Gasteiger charge is 2.42. The zero-order valence-corrected chi connectivity index (χ0v) is 21.7. The number of piperidine rings is 1. The first-order valence-corrected chi connectivity index (χ1v) is 14.2. The number of nitrogens with zero attached hydrogens (tertiary/aromatic N) is 5. The third-order valence-electron chi connectivity index (χ3n) is 8.61. The molecule has 3 fully saturated rings. The fourth-order valence-corrected chi connectivity index (χ4v) is 8.06. The topological polar surface area (TPSA) is 76.3 Å². The first-order chi connectivity index (χ1) is 17.6. The number of thioether (sulfide) groups is 1. The van der Waals surface area contributed by atoms with Crippen LogP contribution in [0.4, 0.5) is 0 Å². The van der Waals surface area contributed by atoms with E-state index in [9.17, 15) is 5.11 Å². The van der Waals surface area contributed by atoms with E-state index in [1.807, 2.05) is 34.9 Å². The van der Waals surface area contributed by atoms with Crippen LogP contribution in [0.3, 0.4) is 0 Å². The van der Waals surface area contributed by atoms with E-state index in [0.29, 0.717) is 23.1 Å². The molecule has 2 aromatic heterocycles. The lowest BCUT2D eigenvalue weighted by molar-refractivity contribution is 0.0398. The Morgan fingerprint density at radius 3 is 2.97 bits per heavy atom. The number of rotatable bonds is 7. The molecule has 2 saturated heterocycles. The molecule has 1 aromatic carbocycles. The number of pyridine rings is 1. The van der Waals surface area contributed by atoms with Gasteiger partial charge in [-0.25, -0.2) is 0 Å². The number of benzene rings is 1. The second-order valence-electron chi connectivity index (χ2n) is 10.6. The van der Waals surface area contributed by atoms with Gasteiger partial charge in [0.25, 0.3) is 0 Å². The monoisotopic (exact) mass is 505 g/mol. The molecule has 0 radical (unpaired) electrons. The zero-order valence-electron chi connectivity index (χ0n) is 20.9. The first kappa shape index (κ1) is 23.9. The van der Waals surface area contributed by atoms with Crippen LogP contribution in [0.25, 0.3) is 10.9 Å². The average Bonchev–Trinajstić information content (AvgIpc) is 3.66. The smallest absolute Gasteiger partial charge is 0.119 e. The lowest BCUT2D eigenvalue weighted by atomic mass is 9.79. The third kappa shape index (κ3) is 4.33. The van der Waals surface area contributed by atoms with E-state index in [-0.39, 0.29) is 0 Å². The van der Waals surface area contributed by atoms with Gasteiger partial charge >= 0.3 is 0 Å². The second kappa shape index (κ2) is 9.80. The fourth-order valence-electron chi connectivity index (χ4n) is 6.49. The highest BCUT2D eigenvalue weighted by molar-refractivity contribution is 7.99. The van der Waals surface area contributed by atoms with Gasteiger partial charge in [0.05, 0.1) is 18.8 Å². The van der Waals surface area contributed by atoms with Gasteiger partial charge < -0.3 is 9.84 Å². The molecule has 3 aliphatic rings. The molecule has 8 heteroatoms. The van der Waals surface area contributed by atoms with Crippen LogP contribution in [-0.2, 0) is 12.1 Å². The highest BCUT2D eigenvalue weighted by atomic mass is 32.2. The van der Waals surface area contributed by atoms with Gasteiger partial charge in [0.15, 0.2) is 0 Å². The quantitative estimate of drug-likeness (QED) is 0.457. The molecule has 6 rings (SSSR count). The Bertz CT molecular complexity index is 1240. The van der Waals surface area contributed by atoms with Crippen molar-refractivity contribution in [3.63, 3.8) is 0 Å². The van der Waals surface area contributed by atoms with Gasteiger partial charge in [-0.3, -0.25) is 14.6 Å². The predicted molar refractivity (Wildman–Crippen MR) is 143 cm³/mol. The van der Waals surface area contributed by atoms with Gasteiger partial charge in [-0.05, 0) is 73.9 Å². The van der Waals surface area contributed by atoms with Gasteiger partial charge in [-0.1, -0.05) is 24.1 Å². The molecule has 4 heterocycles. The minimum atomic E-state index is -0.794. The summed E-state index contributed by atoms with van der Waals surface area (Å²) in [5.74, 6) is 2.80.